The van der Waals surface area contributed by atoms with Gasteiger partial charge in [0.2, 0.25) is 0 Å². The smallest absolute Gasteiger partial charge is 0.128 e. The van der Waals surface area contributed by atoms with Gasteiger partial charge in [-0.25, -0.2) is 9.97 Å². The molecule has 1 N–H and O–H groups in total. The average molecular weight is 233 g/mol. The molecule has 2 rings (SSSR count). The Bertz CT molecular complexity index is 372. The van der Waals surface area contributed by atoms with Crippen molar-refractivity contribution in [3.8, 4) is 0 Å². The fourth-order valence-corrected chi connectivity index (χ4v) is 2.10. The van der Waals surface area contributed by atoms with Gasteiger partial charge in [-0.3, -0.25) is 0 Å². The van der Waals surface area contributed by atoms with Crippen LogP contribution in [0, 0.1) is 12.8 Å². The molecule has 1 aromatic heterocycles. The van der Waals surface area contributed by atoms with E-state index >= 15 is 0 Å². The Morgan fingerprint density at radius 2 is 2.24 bits per heavy atom. The molecule has 0 aromatic carbocycles. The molecule has 17 heavy (non-hydrogen) atoms. The molecule has 0 radical (unpaired) electrons. The van der Waals surface area contributed by atoms with Crippen LogP contribution in [0.3, 0.4) is 0 Å². The predicted octanol–water partition coefficient (Wildman–Crippen LogP) is 2.80. The van der Waals surface area contributed by atoms with E-state index in [-0.39, 0.29) is 0 Å². The van der Waals surface area contributed by atoms with Crippen LogP contribution in [0.2, 0.25) is 0 Å². The van der Waals surface area contributed by atoms with Crippen molar-refractivity contribution in [3.63, 3.8) is 0 Å². The number of nitrogens with one attached hydrogen (secondary N) is 1. The highest BCUT2D eigenvalue weighted by Gasteiger charge is 2.23. The van der Waals surface area contributed by atoms with Gasteiger partial charge in [0.1, 0.15) is 5.82 Å². The predicted molar refractivity (Wildman–Crippen MR) is 69.9 cm³/mol. The van der Waals surface area contributed by atoms with Gasteiger partial charge < -0.3 is 5.32 Å². The average Bonchev–Trinajstić information content (AvgIpc) is 3.10. The number of aromatic nitrogens is 2. The summed E-state index contributed by atoms with van der Waals surface area (Å²) in [6.45, 7) is 7.51. The summed E-state index contributed by atoms with van der Waals surface area (Å²) in [4.78, 5) is 9.13. The standard InChI is InChI=1S/C14H23N3/c1-4-7-15-10(2)13-9-16-14(17-11(13)3)8-12-5-6-12/h9-10,12,15H,4-8H2,1-3H3. The summed E-state index contributed by atoms with van der Waals surface area (Å²) < 4.78 is 0. The number of aryl methyl sites for hydroxylation is 1. The Kier molecular flexibility index (Phi) is 4.11. The molecule has 3 nitrogen and oxygen atoms in total. The highest BCUT2D eigenvalue weighted by molar-refractivity contribution is 5.20. The van der Waals surface area contributed by atoms with E-state index in [9.17, 15) is 0 Å². The molecular weight excluding hydrogens is 210 g/mol. The Hall–Kier alpha value is -0.960. The molecule has 0 bridgehead atoms. The van der Waals surface area contributed by atoms with Crippen molar-refractivity contribution in [2.75, 3.05) is 6.54 Å². The first-order valence-corrected chi connectivity index (χ1v) is 6.76. The zero-order valence-electron chi connectivity index (χ0n) is 11.2. The lowest BCUT2D eigenvalue weighted by Gasteiger charge is -2.15. The van der Waals surface area contributed by atoms with Crippen LogP contribution in [-0.4, -0.2) is 16.5 Å². The third kappa shape index (κ3) is 3.50. The van der Waals surface area contributed by atoms with E-state index in [1.807, 2.05) is 6.20 Å². The second-order valence-corrected chi connectivity index (χ2v) is 5.15. The van der Waals surface area contributed by atoms with Crippen LogP contribution in [-0.2, 0) is 6.42 Å². The van der Waals surface area contributed by atoms with Crippen molar-refractivity contribution in [2.45, 2.75) is 52.5 Å². The van der Waals surface area contributed by atoms with Crippen molar-refractivity contribution < 1.29 is 0 Å². The van der Waals surface area contributed by atoms with Crippen LogP contribution >= 0.6 is 0 Å². The van der Waals surface area contributed by atoms with E-state index in [4.69, 9.17) is 0 Å². The molecule has 0 saturated heterocycles. The van der Waals surface area contributed by atoms with Crippen molar-refractivity contribution in [3.05, 3.63) is 23.3 Å². The van der Waals surface area contributed by atoms with Crippen molar-refractivity contribution in [1.29, 1.82) is 0 Å². The monoisotopic (exact) mass is 233 g/mol. The van der Waals surface area contributed by atoms with Crippen LogP contribution in [0.25, 0.3) is 0 Å². The maximum Gasteiger partial charge on any atom is 0.128 e. The largest absolute Gasteiger partial charge is 0.310 e. The van der Waals surface area contributed by atoms with E-state index in [0.29, 0.717) is 6.04 Å². The topological polar surface area (TPSA) is 37.8 Å². The van der Waals surface area contributed by atoms with Crippen LogP contribution in [0.4, 0.5) is 0 Å². The molecule has 94 valence electrons. The van der Waals surface area contributed by atoms with Crippen molar-refractivity contribution in [1.82, 2.24) is 15.3 Å². The van der Waals surface area contributed by atoms with Gasteiger partial charge in [0, 0.05) is 29.9 Å². The summed E-state index contributed by atoms with van der Waals surface area (Å²) in [5.74, 6) is 1.88. The second-order valence-electron chi connectivity index (χ2n) is 5.15. The Morgan fingerprint density at radius 3 is 2.82 bits per heavy atom. The van der Waals surface area contributed by atoms with Gasteiger partial charge in [-0.1, -0.05) is 6.92 Å². The summed E-state index contributed by atoms with van der Waals surface area (Å²) in [5.41, 5.74) is 2.37. The minimum absolute atomic E-state index is 0.352. The summed E-state index contributed by atoms with van der Waals surface area (Å²) in [7, 11) is 0. The lowest BCUT2D eigenvalue weighted by molar-refractivity contribution is 0.562. The Labute approximate surface area is 104 Å². The first-order chi connectivity index (χ1) is 8.20. The van der Waals surface area contributed by atoms with Gasteiger partial charge in [0.05, 0.1) is 0 Å². The van der Waals surface area contributed by atoms with Crippen LogP contribution in [0.15, 0.2) is 6.20 Å². The summed E-state index contributed by atoms with van der Waals surface area (Å²) in [6, 6.07) is 0.352. The molecule has 1 fully saturated rings. The Morgan fingerprint density at radius 1 is 1.47 bits per heavy atom. The van der Waals surface area contributed by atoms with E-state index in [0.717, 1.165) is 36.8 Å². The first-order valence-electron chi connectivity index (χ1n) is 6.76. The van der Waals surface area contributed by atoms with Crippen molar-refractivity contribution >= 4 is 0 Å². The molecular formula is C14H23N3. The van der Waals surface area contributed by atoms with Crippen LogP contribution < -0.4 is 5.32 Å². The number of nitrogens with zero attached hydrogens (tertiary/aromatic N) is 2. The van der Waals surface area contributed by atoms with Gasteiger partial charge in [-0.2, -0.15) is 0 Å². The maximum absolute atomic E-state index is 4.63. The molecule has 1 aliphatic rings. The molecule has 0 spiro atoms. The summed E-state index contributed by atoms with van der Waals surface area (Å²) in [5, 5.41) is 3.48. The minimum atomic E-state index is 0.352. The fourth-order valence-electron chi connectivity index (χ4n) is 2.10. The molecule has 1 heterocycles. The van der Waals surface area contributed by atoms with E-state index < -0.39 is 0 Å². The highest BCUT2D eigenvalue weighted by Crippen LogP contribution is 2.31. The third-order valence-corrected chi connectivity index (χ3v) is 3.40. The van der Waals surface area contributed by atoms with Gasteiger partial charge in [0.25, 0.3) is 0 Å². The highest BCUT2D eigenvalue weighted by atomic mass is 14.9. The van der Waals surface area contributed by atoms with Crippen molar-refractivity contribution in [2.24, 2.45) is 5.92 Å². The van der Waals surface area contributed by atoms with E-state index in [1.54, 1.807) is 0 Å². The molecule has 3 heteroatoms. The van der Waals surface area contributed by atoms with Gasteiger partial charge in [0.15, 0.2) is 0 Å². The van der Waals surface area contributed by atoms with Gasteiger partial charge in [-0.15, -0.1) is 0 Å². The zero-order valence-corrected chi connectivity index (χ0v) is 11.2. The van der Waals surface area contributed by atoms with Gasteiger partial charge >= 0.3 is 0 Å². The molecule has 1 unspecified atom stereocenters. The molecule has 0 aliphatic heterocycles. The third-order valence-electron chi connectivity index (χ3n) is 3.40. The van der Waals surface area contributed by atoms with Crippen LogP contribution in [0.1, 0.15) is 56.2 Å². The summed E-state index contributed by atoms with van der Waals surface area (Å²) in [6.07, 6.45) is 6.95. The normalized spacial score (nSPS) is 17.1. The van der Waals surface area contributed by atoms with Gasteiger partial charge in [-0.05, 0) is 45.6 Å². The lowest BCUT2D eigenvalue weighted by Crippen LogP contribution is -2.21. The molecule has 1 aromatic rings. The first kappa shape index (κ1) is 12.5. The fraction of sp³-hybridized carbons (Fsp3) is 0.714. The number of hydrogen-bond donors (Lipinski definition) is 1. The molecule has 1 saturated carbocycles. The summed E-state index contributed by atoms with van der Waals surface area (Å²) >= 11 is 0. The second kappa shape index (κ2) is 5.58. The number of hydrogen-bond acceptors (Lipinski definition) is 3. The molecule has 1 atom stereocenters. The van der Waals surface area contributed by atoms with E-state index in [2.05, 4.69) is 36.1 Å². The zero-order chi connectivity index (χ0) is 12.3. The van der Waals surface area contributed by atoms with Crippen LogP contribution in [0.5, 0.6) is 0 Å². The Balaban J connectivity index is 2.01. The molecule has 1 aliphatic carbocycles. The van der Waals surface area contributed by atoms with E-state index in [1.165, 1.54) is 18.4 Å². The quantitative estimate of drug-likeness (QED) is 0.821. The molecule has 0 amide bonds. The lowest BCUT2D eigenvalue weighted by atomic mass is 10.1. The number of rotatable bonds is 6. The SMILES string of the molecule is CCCNC(C)c1cnc(CC2CC2)nc1C. The maximum atomic E-state index is 4.63. The minimum Gasteiger partial charge on any atom is -0.310 e.